The predicted molar refractivity (Wildman–Crippen MR) is 131 cm³/mol. The fourth-order valence-corrected chi connectivity index (χ4v) is 4.77. The lowest BCUT2D eigenvalue weighted by Crippen LogP contribution is -2.22. The highest BCUT2D eigenvalue weighted by Gasteiger charge is 2.25. The van der Waals surface area contributed by atoms with Crippen molar-refractivity contribution in [3.05, 3.63) is 65.2 Å². The first-order valence-corrected chi connectivity index (χ1v) is 14.7. The Morgan fingerprint density at radius 3 is 2.70 bits per heavy atom. The molecule has 0 spiro atoms. The molecule has 0 aliphatic rings. The Bertz CT molecular complexity index is 1330. The zero-order valence-electron chi connectivity index (χ0n) is 18.7. The molecule has 2 N–H and O–H groups in total. The van der Waals surface area contributed by atoms with E-state index in [9.17, 15) is 14.3 Å². The number of carbonyl (C=O) groups is 1. The SMILES string of the molecule is C[Si](C)(C)CCOCn1c(-c2ccnc3[nH]ccc23)cc(C(=O)O)c1-c1ccc(F)cc1Cl. The minimum atomic E-state index is -1.31. The van der Waals surface area contributed by atoms with Crippen LogP contribution in [0.4, 0.5) is 4.39 Å². The fourth-order valence-electron chi connectivity index (χ4n) is 3.76. The second-order valence-electron chi connectivity index (χ2n) is 9.10. The van der Waals surface area contributed by atoms with Crippen molar-refractivity contribution in [2.45, 2.75) is 32.4 Å². The number of benzene rings is 1. The van der Waals surface area contributed by atoms with Crippen LogP contribution in [0.3, 0.4) is 0 Å². The Hall–Kier alpha value is -2.94. The highest BCUT2D eigenvalue weighted by molar-refractivity contribution is 6.76. The quantitative estimate of drug-likeness (QED) is 0.220. The van der Waals surface area contributed by atoms with Crippen molar-refractivity contribution in [2.75, 3.05) is 6.61 Å². The number of halogens is 2. The molecule has 0 saturated heterocycles. The Morgan fingerprint density at radius 1 is 1.21 bits per heavy atom. The number of ether oxygens (including phenoxy) is 1. The van der Waals surface area contributed by atoms with Crippen LogP contribution in [0.15, 0.2) is 48.8 Å². The molecule has 3 aromatic heterocycles. The fraction of sp³-hybridized carbons (Fsp3) is 0.250. The van der Waals surface area contributed by atoms with Crippen LogP contribution in [-0.2, 0) is 11.5 Å². The molecule has 0 unspecified atom stereocenters. The second-order valence-corrected chi connectivity index (χ2v) is 15.1. The third kappa shape index (κ3) is 4.87. The van der Waals surface area contributed by atoms with E-state index < -0.39 is 19.9 Å². The van der Waals surface area contributed by atoms with Crippen LogP contribution in [0.5, 0.6) is 0 Å². The molecule has 0 aliphatic heterocycles. The van der Waals surface area contributed by atoms with Gasteiger partial charge in [-0.1, -0.05) is 31.2 Å². The number of fused-ring (bicyclic) bond motifs is 1. The van der Waals surface area contributed by atoms with E-state index in [0.717, 1.165) is 17.0 Å². The Morgan fingerprint density at radius 2 is 2.00 bits per heavy atom. The topological polar surface area (TPSA) is 80.1 Å². The Labute approximate surface area is 197 Å². The molecule has 0 radical (unpaired) electrons. The van der Waals surface area contributed by atoms with Crippen molar-refractivity contribution < 1.29 is 19.0 Å². The first-order chi connectivity index (χ1) is 15.7. The molecule has 0 saturated carbocycles. The molecule has 0 atom stereocenters. The van der Waals surface area contributed by atoms with Gasteiger partial charge in [-0.2, -0.15) is 0 Å². The lowest BCUT2D eigenvalue weighted by atomic mass is 10.1. The summed E-state index contributed by atoms with van der Waals surface area (Å²) in [7, 11) is -1.31. The van der Waals surface area contributed by atoms with Crippen molar-refractivity contribution in [3.63, 3.8) is 0 Å². The van der Waals surface area contributed by atoms with Crippen LogP contribution in [0.2, 0.25) is 30.7 Å². The molecule has 4 aromatic rings. The van der Waals surface area contributed by atoms with Crippen LogP contribution < -0.4 is 0 Å². The normalized spacial score (nSPS) is 11.9. The van der Waals surface area contributed by atoms with E-state index in [1.807, 2.05) is 12.1 Å². The molecule has 0 aliphatic carbocycles. The molecular formula is C24H25ClFN3O3Si. The van der Waals surface area contributed by atoms with E-state index in [1.54, 1.807) is 23.0 Å². The van der Waals surface area contributed by atoms with Gasteiger partial charge in [-0.15, -0.1) is 0 Å². The number of nitrogens with one attached hydrogen (secondary N) is 1. The van der Waals surface area contributed by atoms with Gasteiger partial charge in [-0.25, -0.2) is 14.2 Å². The van der Waals surface area contributed by atoms with E-state index >= 15 is 0 Å². The van der Waals surface area contributed by atoms with E-state index in [4.69, 9.17) is 16.3 Å². The van der Waals surface area contributed by atoms with E-state index in [-0.39, 0.29) is 17.3 Å². The number of rotatable bonds is 8. The molecule has 6 nitrogen and oxygen atoms in total. The number of hydrogen-bond acceptors (Lipinski definition) is 3. The average Bonchev–Trinajstić information content (AvgIpc) is 3.35. The largest absolute Gasteiger partial charge is 0.478 e. The first-order valence-electron chi connectivity index (χ1n) is 10.6. The number of pyridine rings is 1. The van der Waals surface area contributed by atoms with Crippen LogP contribution >= 0.6 is 11.6 Å². The zero-order chi connectivity index (χ0) is 23.8. The monoisotopic (exact) mass is 485 g/mol. The summed E-state index contributed by atoms with van der Waals surface area (Å²) in [4.78, 5) is 19.7. The summed E-state index contributed by atoms with van der Waals surface area (Å²) in [6.07, 6.45) is 3.46. The highest BCUT2D eigenvalue weighted by atomic mass is 35.5. The molecule has 1 aromatic carbocycles. The summed E-state index contributed by atoms with van der Waals surface area (Å²) in [6.45, 7) is 7.49. The van der Waals surface area contributed by atoms with Crippen molar-refractivity contribution in [3.8, 4) is 22.5 Å². The highest BCUT2D eigenvalue weighted by Crippen LogP contribution is 2.38. The van der Waals surface area contributed by atoms with Crippen LogP contribution in [0.25, 0.3) is 33.5 Å². The Balaban J connectivity index is 1.90. The van der Waals surface area contributed by atoms with Crippen LogP contribution in [0.1, 0.15) is 10.4 Å². The zero-order valence-corrected chi connectivity index (χ0v) is 20.4. The van der Waals surface area contributed by atoms with Gasteiger partial charge in [0.15, 0.2) is 0 Å². The number of H-pyrrole nitrogens is 1. The molecular weight excluding hydrogens is 461 g/mol. The molecule has 33 heavy (non-hydrogen) atoms. The lowest BCUT2D eigenvalue weighted by molar-refractivity contribution is 0.0696. The third-order valence-electron chi connectivity index (χ3n) is 5.47. The molecule has 0 amide bonds. The van der Waals surface area contributed by atoms with E-state index in [2.05, 4.69) is 29.6 Å². The van der Waals surface area contributed by atoms with E-state index in [0.29, 0.717) is 29.2 Å². The standard InChI is InChI=1S/C24H25ClFN3O3Si/c1-33(2,3)11-10-32-14-29-21(16-6-8-27-23-17(16)7-9-28-23)13-19(24(30)31)22(29)18-5-4-15(26)12-20(18)25/h4-9,12-13H,10-11,14H2,1-3H3,(H,27,28)(H,30,31). The molecule has 172 valence electrons. The minimum Gasteiger partial charge on any atom is -0.478 e. The van der Waals surface area contributed by atoms with E-state index in [1.165, 1.54) is 18.2 Å². The minimum absolute atomic E-state index is 0.0628. The third-order valence-corrected chi connectivity index (χ3v) is 7.48. The summed E-state index contributed by atoms with van der Waals surface area (Å²) < 4.78 is 21.6. The predicted octanol–water partition coefficient (Wildman–Crippen LogP) is 6.50. The van der Waals surface area contributed by atoms with Crippen LogP contribution in [0, 0.1) is 5.82 Å². The summed E-state index contributed by atoms with van der Waals surface area (Å²) >= 11 is 6.37. The molecule has 0 fully saturated rings. The smallest absolute Gasteiger partial charge is 0.337 e. The van der Waals surface area contributed by atoms with Crippen molar-refractivity contribution in [1.82, 2.24) is 14.5 Å². The number of carboxylic acids is 1. The van der Waals surface area contributed by atoms with Gasteiger partial charge in [-0.05, 0) is 42.4 Å². The Kier molecular flexibility index (Phi) is 6.42. The van der Waals surface area contributed by atoms with Gasteiger partial charge in [-0.3, -0.25) is 0 Å². The average molecular weight is 486 g/mol. The van der Waals surface area contributed by atoms with Gasteiger partial charge in [0.2, 0.25) is 0 Å². The van der Waals surface area contributed by atoms with Gasteiger partial charge < -0.3 is 19.4 Å². The maximum absolute atomic E-state index is 13.8. The number of aromatic nitrogens is 3. The summed E-state index contributed by atoms with van der Waals surface area (Å²) in [5, 5.41) is 11.0. The van der Waals surface area contributed by atoms with Crippen molar-refractivity contribution >= 4 is 36.7 Å². The maximum Gasteiger partial charge on any atom is 0.337 e. The summed E-state index contributed by atoms with van der Waals surface area (Å²) in [5.41, 5.74) is 3.02. The van der Waals surface area contributed by atoms with Gasteiger partial charge in [0.1, 0.15) is 18.2 Å². The van der Waals surface area contributed by atoms with Gasteiger partial charge in [0.25, 0.3) is 0 Å². The molecule has 9 heteroatoms. The second kappa shape index (κ2) is 9.13. The number of carboxylic acid groups (broad SMARTS) is 1. The summed E-state index contributed by atoms with van der Waals surface area (Å²) in [5.74, 6) is -1.60. The molecule has 4 rings (SSSR count). The van der Waals surface area contributed by atoms with Gasteiger partial charge in [0, 0.05) is 43.6 Å². The van der Waals surface area contributed by atoms with Crippen molar-refractivity contribution in [2.24, 2.45) is 0 Å². The number of aromatic amines is 1. The van der Waals surface area contributed by atoms with Crippen LogP contribution in [-0.4, -0.2) is 40.3 Å². The first kappa shape index (κ1) is 23.2. The maximum atomic E-state index is 13.8. The van der Waals surface area contributed by atoms with Gasteiger partial charge >= 0.3 is 5.97 Å². The van der Waals surface area contributed by atoms with Gasteiger partial charge in [0.05, 0.1) is 22.0 Å². The number of nitrogens with zero attached hydrogens (tertiary/aromatic N) is 2. The molecule has 0 bridgehead atoms. The summed E-state index contributed by atoms with van der Waals surface area (Å²) in [6, 6.07) is 10.3. The van der Waals surface area contributed by atoms with Crippen molar-refractivity contribution in [1.29, 1.82) is 0 Å². The number of hydrogen-bond donors (Lipinski definition) is 2. The number of aromatic carboxylic acids is 1. The lowest BCUT2D eigenvalue weighted by Gasteiger charge is -2.19. The molecule has 3 heterocycles.